The van der Waals surface area contributed by atoms with Gasteiger partial charge in [0, 0.05) is 24.1 Å². The van der Waals surface area contributed by atoms with Crippen molar-refractivity contribution in [2.24, 2.45) is 0 Å². The van der Waals surface area contributed by atoms with Crippen LogP contribution >= 0.6 is 12.4 Å². The Morgan fingerprint density at radius 3 is 2.69 bits per heavy atom. The number of anilines is 2. The SMILES string of the molecule is Cc1ccc(CNC(=O)Nc2cccc(F)c2)cc1NC(=O)c1cnc2ccccn12.Cl. The summed E-state index contributed by atoms with van der Waals surface area (Å²) >= 11 is 0. The quantitative estimate of drug-likeness (QED) is 0.406. The van der Waals surface area contributed by atoms with Gasteiger partial charge in [-0.3, -0.25) is 9.20 Å². The molecule has 0 unspecified atom stereocenters. The van der Waals surface area contributed by atoms with Gasteiger partial charge in [-0.2, -0.15) is 0 Å². The van der Waals surface area contributed by atoms with Crippen LogP contribution in [-0.2, 0) is 6.54 Å². The third-order valence-corrected chi connectivity index (χ3v) is 4.74. The fourth-order valence-corrected chi connectivity index (χ4v) is 3.12. The minimum absolute atomic E-state index is 0. The average Bonchev–Trinajstić information content (AvgIpc) is 3.18. The first-order chi connectivity index (χ1) is 15.0. The summed E-state index contributed by atoms with van der Waals surface area (Å²) in [5.41, 5.74) is 3.80. The lowest BCUT2D eigenvalue weighted by molar-refractivity contribution is 0.102. The second-order valence-electron chi connectivity index (χ2n) is 6.99. The van der Waals surface area contributed by atoms with Crippen molar-refractivity contribution in [1.29, 1.82) is 0 Å². The van der Waals surface area contributed by atoms with Gasteiger partial charge >= 0.3 is 6.03 Å². The normalized spacial score (nSPS) is 10.3. The maximum Gasteiger partial charge on any atom is 0.319 e. The number of carbonyl (C=O) groups excluding carboxylic acids is 2. The van der Waals surface area contributed by atoms with Crippen LogP contribution in [0, 0.1) is 12.7 Å². The zero-order valence-electron chi connectivity index (χ0n) is 17.1. The van der Waals surface area contributed by atoms with E-state index in [1.165, 1.54) is 24.4 Å². The molecule has 164 valence electrons. The molecule has 0 saturated heterocycles. The van der Waals surface area contributed by atoms with E-state index in [9.17, 15) is 14.0 Å². The number of pyridine rings is 1. The predicted octanol–water partition coefficient (Wildman–Crippen LogP) is 4.78. The lowest BCUT2D eigenvalue weighted by Gasteiger charge is -2.12. The van der Waals surface area contributed by atoms with Crippen molar-refractivity contribution >= 4 is 41.4 Å². The van der Waals surface area contributed by atoms with Gasteiger partial charge in [0.25, 0.3) is 5.91 Å². The molecular formula is C23H21ClFN5O2. The third-order valence-electron chi connectivity index (χ3n) is 4.74. The lowest BCUT2D eigenvalue weighted by atomic mass is 10.1. The maximum atomic E-state index is 13.2. The number of aromatic nitrogens is 2. The van der Waals surface area contributed by atoms with Crippen molar-refractivity contribution in [3.05, 3.63) is 95.7 Å². The molecule has 3 amide bonds. The molecule has 32 heavy (non-hydrogen) atoms. The Labute approximate surface area is 190 Å². The first-order valence-corrected chi connectivity index (χ1v) is 9.63. The Morgan fingerprint density at radius 1 is 1.03 bits per heavy atom. The van der Waals surface area contributed by atoms with Crippen LogP contribution in [-0.4, -0.2) is 21.3 Å². The number of aryl methyl sites for hydroxylation is 1. The summed E-state index contributed by atoms with van der Waals surface area (Å²) in [5, 5.41) is 8.21. The van der Waals surface area contributed by atoms with Crippen LogP contribution in [0.25, 0.3) is 5.65 Å². The largest absolute Gasteiger partial charge is 0.334 e. The molecule has 0 aliphatic heterocycles. The van der Waals surface area contributed by atoms with Gasteiger partial charge in [0.15, 0.2) is 0 Å². The van der Waals surface area contributed by atoms with Gasteiger partial charge in [0.2, 0.25) is 0 Å². The topological polar surface area (TPSA) is 87.5 Å². The highest BCUT2D eigenvalue weighted by Crippen LogP contribution is 2.19. The van der Waals surface area contributed by atoms with E-state index >= 15 is 0 Å². The van der Waals surface area contributed by atoms with Crippen molar-refractivity contribution in [2.75, 3.05) is 10.6 Å². The van der Waals surface area contributed by atoms with Gasteiger partial charge in [-0.15, -0.1) is 12.4 Å². The number of urea groups is 1. The van der Waals surface area contributed by atoms with E-state index in [2.05, 4.69) is 20.9 Å². The minimum Gasteiger partial charge on any atom is -0.334 e. The number of imidazole rings is 1. The molecule has 4 aromatic rings. The van der Waals surface area contributed by atoms with Crippen LogP contribution in [0.4, 0.5) is 20.6 Å². The number of nitrogens with one attached hydrogen (secondary N) is 3. The number of hydrogen-bond donors (Lipinski definition) is 3. The van der Waals surface area contributed by atoms with Gasteiger partial charge in [-0.05, 0) is 54.4 Å². The van der Waals surface area contributed by atoms with Gasteiger partial charge in [-0.1, -0.05) is 24.3 Å². The Hall–Kier alpha value is -3.91. The standard InChI is InChI=1S/C23H20FN5O2.ClH/c1-15-8-9-16(13-26-23(31)27-18-6-4-5-17(24)12-18)11-19(15)28-22(30)20-14-25-21-7-2-3-10-29(20)21;/h2-12,14H,13H2,1H3,(H,28,30)(H2,26,27,31);1H. The van der Waals surface area contributed by atoms with E-state index in [0.717, 1.165) is 11.1 Å². The summed E-state index contributed by atoms with van der Waals surface area (Å²) in [6.07, 6.45) is 3.31. The minimum atomic E-state index is -0.456. The van der Waals surface area contributed by atoms with E-state index in [4.69, 9.17) is 0 Å². The Balaban J connectivity index is 0.00000289. The van der Waals surface area contributed by atoms with Crippen molar-refractivity contribution in [1.82, 2.24) is 14.7 Å². The molecule has 4 rings (SSSR count). The van der Waals surface area contributed by atoms with E-state index < -0.39 is 11.8 Å². The number of carbonyl (C=O) groups is 2. The molecule has 7 nitrogen and oxygen atoms in total. The molecule has 0 aliphatic rings. The lowest BCUT2D eigenvalue weighted by Crippen LogP contribution is -2.28. The number of benzene rings is 2. The third kappa shape index (κ3) is 5.22. The van der Waals surface area contributed by atoms with E-state index in [-0.39, 0.29) is 24.9 Å². The highest BCUT2D eigenvalue weighted by Gasteiger charge is 2.13. The molecule has 3 N–H and O–H groups in total. The second kappa shape index (κ2) is 9.93. The first-order valence-electron chi connectivity index (χ1n) is 9.63. The monoisotopic (exact) mass is 453 g/mol. The van der Waals surface area contributed by atoms with Crippen LogP contribution in [0.2, 0.25) is 0 Å². The Kier molecular flexibility index (Phi) is 7.07. The summed E-state index contributed by atoms with van der Waals surface area (Å²) in [6, 6.07) is 16.2. The average molecular weight is 454 g/mol. The molecule has 0 aliphatic carbocycles. The molecular weight excluding hydrogens is 433 g/mol. The molecule has 2 heterocycles. The molecule has 0 saturated carbocycles. The van der Waals surface area contributed by atoms with Gasteiger partial charge < -0.3 is 16.0 Å². The Bertz CT molecular complexity index is 1270. The van der Waals surface area contributed by atoms with E-state index in [1.54, 1.807) is 22.7 Å². The smallest absolute Gasteiger partial charge is 0.319 e. The van der Waals surface area contributed by atoms with Crippen molar-refractivity contribution in [3.63, 3.8) is 0 Å². The fraction of sp³-hybridized carbons (Fsp3) is 0.0870. The van der Waals surface area contributed by atoms with Gasteiger partial charge in [0.05, 0.1) is 6.20 Å². The summed E-state index contributed by atoms with van der Waals surface area (Å²) in [6.45, 7) is 2.12. The van der Waals surface area contributed by atoms with Crippen molar-refractivity contribution < 1.29 is 14.0 Å². The number of fused-ring (bicyclic) bond motifs is 1. The molecule has 0 bridgehead atoms. The Morgan fingerprint density at radius 2 is 1.88 bits per heavy atom. The molecule has 0 radical (unpaired) electrons. The first kappa shape index (κ1) is 22.8. The van der Waals surface area contributed by atoms with Gasteiger partial charge in [-0.25, -0.2) is 14.2 Å². The molecule has 9 heteroatoms. The van der Waals surface area contributed by atoms with Crippen LogP contribution in [0.15, 0.2) is 73.1 Å². The van der Waals surface area contributed by atoms with Gasteiger partial charge in [0.1, 0.15) is 17.2 Å². The molecule has 2 aromatic carbocycles. The number of hydrogen-bond acceptors (Lipinski definition) is 3. The summed E-state index contributed by atoms with van der Waals surface area (Å²) in [7, 11) is 0. The fourth-order valence-electron chi connectivity index (χ4n) is 3.12. The van der Waals surface area contributed by atoms with Crippen LogP contribution < -0.4 is 16.0 Å². The summed E-state index contributed by atoms with van der Waals surface area (Å²) in [5.74, 6) is -0.710. The number of nitrogens with zero attached hydrogens (tertiary/aromatic N) is 2. The highest BCUT2D eigenvalue weighted by molar-refractivity contribution is 6.04. The molecule has 2 aromatic heterocycles. The predicted molar refractivity (Wildman–Crippen MR) is 124 cm³/mol. The van der Waals surface area contributed by atoms with Crippen molar-refractivity contribution in [3.8, 4) is 0 Å². The zero-order valence-corrected chi connectivity index (χ0v) is 17.9. The maximum absolute atomic E-state index is 13.2. The summed E-state index contributed by atoms with van der Waals surface area (Å²) in [4.78, 5) is 29.1. The zero-order chi connectivity index (χ0) is 21.8. The molecule has 0 fully saturated rings. The van der Waals surface area contributed by atoms with Crippen LogP contribution in [0.1, 0.15) is 21.6 Å². The molecule has 0 atom stereocenters. The second-order valence-corrected chi connectivity index (χ2v) is 6.99. The number of amides is 3. The van der Waals surface area contributed by atoms with E-state index in [0.29, 0.717) is 22.7 Å². The molecule has 0 spiro atoms. The highest BCUT2D eigenvalue weighted by atomic mass is 35.5. The van der Waals surface area contributed by atoms with Crippen LogP contribution in [0.3, 0.4) is 0 Å². The van der Waals surface area contributed by atoms with Crippen molar-refractivity contribution in [2.45, 2.75) is 13.5 Å². The number of rotatable bonds is 5. The summed E-state index contributed by atoms with van der Waals surface area (Å²) < 4.78 is 14.9. The van der Waals surface area contributed by atoms with E-state index in [1.807, 2.05) is 37.3 Å². The van der Waals surface area contributed by atoms with Crippen LogP contribution in [0.5, 0.6) is 0 Å². The number of halogens is 2.